The number of alkyl halides is 3. The van der Waals surface area contributed by atoms with Gasteiger partial charge in [0, 0.05) is 48.3 Å². The van der Waals surface area contributed by atoms with Crippen molar-refractivity contribution in [2.24, 2.45) is 0 Å². The molecule has 0 spiro atoms. The molecule has 31 heavy (non-hydrogen) atoms. The molecule has 0 saturated carbocycles. The van der Waals surface area contributed by atoms with Gasteiger partial charge in [0.2, 0.25) is 0 Å². The highest BCUT2D eigenvalue weighted by molar-refractivity contribution is 7.80. The van der Waals surface area contributed by atoms with Gasteiger partial charge < -0.3 is 14.5 Å². The van der Waals surface area contributed by atoms with Crippen LogP contribution in [-0.2, 0) is 11.0 Å². The zero-order valence-corrected chi connectivity index (χ0v) is 17.4. The third kappa shape index (κ3) is 4.71. The van der Waals surface area contributed by atoms with Gasteiger partial charge in [-0.3, -0.25) is 9.78 Å². The molecule has 9 heteroatoms. The van der Waals surface area contributed by atoms with E-state index in [4.69, 9.17) is 4.74 Å². The van der Waals surface area contributed by atoms with Crippen LogP contribution in [0.4, 0.5) is 18.9 Å². The van der Waals surface area contributed by atoms with Crippen LogP contribution in [0.15, 0.2) is 59.6 Å². The lowest BCUT2D eigenvalue weighted by atomic mass is 10.1. The second kappa shape index (κ2) is 8.66. The SMILES string of the molecule is O=C(COc1ccnc2c(C(F)(F)F)cccc12)N1CCN(c2ccc(S)cc2)CC1. The van der Waals surface area contributed by atoms with Crippen LogP contribution in [-0.4, -0.2) is 48.6 Å². The van der Waals surface area contributed by atoms with Crippen molar-refractivity contribution in [1.29, 1.82) is 0 Å². The lowest BCUT2D eigenvalue weighted by molar-refractivity contribution is -0.136. The van der Waals surface area contributed by atoms with E-state index < -0.39 is 11.7 Å². The van der Waals surface area contributed by atoms with Crippen molar-refractivity contribution < 1.29 is 22.7 Å². The summed E-state index contributed by atoms with van der Waals surface area (Å²) in [7, 11) is 0. The number of para-hydroxylation sites is 1. The van der Waals surface area contributed by atoms with E-state index >= 15 is 0 Å². The van der Waals surface area contributed by atoms with E-state index in [1.165, 1.54) is 24.4 Å². The first-order valence-electron chi connectivity index (χ1n) is 9.72. The summed E-state index contributed by atoms with van der Waals surface area (Å²) in [5.74, 6) is -0.00257. The van der Waals surface area contributed by atoms with Crippen LogP contribution in [0.1, 0.15) is 5.56 Å². The Morgan fingerprint density at radius 1 is 1.03 bits per heavy atom. The number of aromatic nitrogens is 1. The molecule has 3 aromatic rings. The summed E-state index contributed by atoms with van der Waals surface area (Å²) in [6.07, 6.45) is -3.26. The van der Waals surface area contributed by atoms with Gasteiger partial charge in [-0.1, -0.05) is 6.07 Å². The van der Waals surface area contributed by atoms with Crippen molar-refractivity contribution in [3.8, 4) is 5.75 Å². The molecule has 5 nitrogen and oxygen atoms in total. The summed E-state index contributed by atoms with van der Waals surface area (Å²) in [5, 5.41) is 0.225. The molecule has 1 aromatic heterocycles. The summed E-state index contributed by atoms with van der Waals surface area (Å²) in [4.78, 5) is 21.2. The number of nitrogens with zero attached hydrogens (tertiary/aromatic N) is 3. The molecule has 162 valence electrons. The van der Waals surface area contributed by atoms with E-state index in [1.54, 1.807) is 4.90 Å². The number of carbonyl (C=O) groups excluding carboxylic acids is 1. The molecule has 0 unspecified atom stereocenters. The maximum absolute atomic E-state index is 13.2. The first-order chi connectivity index (χ1) is 14.8. The maximum atomic E-state index is 13.2. The molecule has 2 heterocycles. The normalized spacial score (nSPS) is 14.7. The standard InChI is InChI=1S/C22H20F3N3O2S/c23-22(24,25)18-3-1-2-17-19(8-9-26-21(17)18)30-14-20(29)28-12-10-27(11-13-28)15-4-6-16(31)7-5-15/h1-9,31H,10-14H2. The Morgan fingerprint density at radius 3 is 2.42 bits per heavy atom. The first kappa shape index (κ1) is 21.3. The molecule has 1 amide bonds. The summed E-state index contributed by atoms with van der Waals surface area (Å²) >= 11 is 4.29. The number of amides is 1. The molecule has 1 saturated heterocycles. The number of fused-ring (bicyclic) bond motifs is 1. The van der Waals surface area contributed by atoms with E-state index in [1.807, 2.05) is 24.3 Å². The molecule has 0 bridgehead atoms. The van der Waals surface area contributed by atoms with Gasteiger partial charge >= 0.3 is 6.18 Å². The van der Waals surface area contributed by atoms with E-state index in [-0.39, 0.29) is 29.2 Å². The number of hydrogen-bond donors (Lipinski definition) is 1. The van der Waals surface area contributed by atoms with Gasteiger partial charge in [-0.25, -0.2) is 0 Å². The maximum Gasteiger partial charge on any atom is 0.418 e. The van der Waals surface area contributed by atoms with Crippen LogP contribution in [0.2, 0.25) is 0 Å². The van der Waals surface area contributed by atoms with E-state index in [9.17, 15) is 18.0 Å². The Kier molecular flexibility index (Phi) is 5.95. The molecule has 2 aromatic carbocycles. The lowest BCUT2D eigenvalue weighted by Crippen LogP contribution is -2.50. The number of ether oxygens (including phenoxy) is 1. The second-order valence-electron chi connectivity index (χ2n) is 7.18. The largest absolute Gasteiger partial charge is 0.483 e. The van der Waals surface area contributed by atoms with Crippen molar-refractivity contribution in [1.82, 2.24) is 9.88 Å². The van der Waals surface area contributed by atoms with Crippen LogP contribution in [0.3, 0.4) is 0 Å². The minimum Gasteiger partial charge on any atom is -0.483 e. The number of rotatable bonds is 4. The number of anilines is 1. The molecule has 0 atom stereocenters. The van der Waals surface area contributed by atoms with Gasteiger partial charge in [0.05, 0.1) is 11.1 Å². The van der Waals surface area contributed by atoms with Gasteiger partial charge in [0.15, 0.2) is 6.61 Å². The Bertz CT molecular complexity index is 1080. The van der Waals surface area contributed by atoms with Crippen LogP contribution in [0, 0.1) is 0 Å². The number of thiol groups is 1. The molecule has 0 N–H and O–H groups in total. The second-order valence-corrected chi connectivity index (χ2v) is 7.70. The predicted molar refractivity (Wildman–Crippen MR) is 115 cm³/mol. The monoisotopic (exact) mass is 447 g/mol. The van der Waals surface area contributed by atoms with Gasteiger partial charge in [-0.2, -0.15) is 13.2 Å². The third-order valence-corrected chi connectivity index (χ3v) is 5.53. The van der Waals surface area contributed by atoms with Crippen molar-refractivity contribution >= 4 is 35.1 Å². The van der Waals surface area contributed by atoms with Crippen LogP contribution >= 0.6 is 12.6 Å². The lowest BCUT2D eigenvalue weighted by Gasteiger charge is -2.36. The van der Waals surface area contributed by atoms with E-state index in [0.29, 0.717) is 26.2 Å². The molecular formula is C22H20F3N3O2S. The highest BCUT2D eigenvalue weighted by Crippen LogP contribution is 2.36. The average Bonchev–Trinajstić information content (AvgIpc) is 2.77. The minimum absolute atomic E-state index is 0.194. The van der Waals surface area contributed by atoms with Gasteiger partial charge in [0.25, 0.3) is 5.91 Å². The van der Waals surface area contributed by atoms with Crippen LogP contribution in [0.5, 0.6) is 5.75 Å². The molecule has 1 fully saturated rings. The molecule has 0 radical (unpaired) electrons. The molecular weight excluding hydrogens is 427 g/mol. The summed E-state index contributed by atoms with van der Waals surface area (Å²) < 4.78 is 45.3. The van der Waals surface area contributed by atoms with Gasteiger partial charge in [-0.15, -0.1) is 12.6 Å². The smallest absolute Gasteiger partial charge is 0.418 e. The first-order valence-corrected chi connectivity index (χ1v) is 10.2. The fourth-order valence-electron chi connectivity index (χ4n) is 3.61. The summed E-state index contributed by atoms with van der Waals surface area (Å²) in [5.41, 5.74) is 0.0505. The minimum atomic E-state index is -4.52. The Morgan fingerprint density at radius 2 is 1.74 bits per heavy atom. The Labute approximate surface area is 182 Å². The molecule has 0 aliphatic carbocycles. The van der Waals surface area contributed by atoms with Crippen molar-refractivity contribution in [3.63, 3.8) is 0 Å². The van der Waals surface area contributed by atoms with E-state index in [2.05, 4.69) is 22.5 Å². The van der Waals surface area contributed by atoms with Crippen molar-refractivity contribution in [2.45, 2.75) is 11.1 Å². The fraction of sp³-hybridized carbons (Fsp3) is 0.273. The number of piperazine rings is 1. The summed E-state index contributed by atoms with van der Waals surface area (Å²) in [6, 6.07) is 13.1. The number of pyridine rings is 1. The van der Waals surface area contributed by atoms with Gasteiger partial charge in [-0.05, 0) is 42.5 Å². The molecule has 1 aliphatic heterocycles. The predicted octanol–water partition coefficient (Wildman–Crippen LogP) is 4.27. The Balaban J connectivity index is 1.39. The average molecular weight is 447 g/mol. The zero-order valence-electron chi connectivity index (χ0n) is 16.5. The van der Waals surface area contributed by atoms with Crippen molar-refractivity contribution in [2.75, 3.05) is 37.7 Å². The quantitative estimate of drug-likeness (QED) is 0.607. The van der Waals surface area contributed by atoms with Crippen LogP contribution < -0.4 is 9.64 Å². The van der Waals surface area contributed by atoms with E-state index in [0.717, 1.165) is 16.6 Å². The third-order valence-electron chi connectivity index (χ3n) is 5.23. The number of halogens is 3. The number of carbonyl (C=O) groups is 1. The highest BCUT2D eigenvalue weighted by Gasteiger charge is 2.33. The highest BCUT2D eigenvalue weighted by atomic mass is 32.1. The molecule has 1 aliphatic rings. The topological polar surface area (TPSA) is 45.7 Å². The fourth-order valence-corrected chi connectivity index (χ4v) is 3.76. The number of hydrogen-bond acceptors (Lipinski definition) is 5. The van der Waals surface area contributed by atoms with Gasteiger partial charge in [0.1, 0.15) is 5.75 Å². The summed E-state index contributed by atoms with van der Waals surface area (Å²) in [6.45, 7) is 2.21. The van der Waals surface area contributed by atoms with Crippen molar-refractivity contribution in [3.05, 3.63) is 60.3 Å². The molecule has 4 rings (SSSR count). The van der Waals surface area contributed by atoms with Crippen LogP contribution in [0.25, 0.3) is 10.9 Å². The zero-order chi connectivity index (χ0) is 22.0. The number of benzene rings is 2. The Hall–Kier alpha value is -2.94.